The minimum absolute atomic E-state index is 0.0146. The summed E-state index contributed by atoms with van der Waals surface area (Å²) in [5, 5.41) is 9.12. The molecule has 3 heterocycles. The lowest BCUT2D eigenvalue weighted by atomic mass is 10.2. The van der Waals surface area contributed by atoms with E-state index in [1.54, 1.807) is 6.07 Å². The zero-order valence-corrected chi connectivity index (χ0v) is 24.0. The van der Waals surface area contributed by atoms with Crippen LogP contribution in [-0.4, -0.2) is 93.0 Å². The van der Waals surface area contributed by atoms with Crippen LogP contribution >= 0.6 is 0 Å². The quantitative estimate of drug-likeness (QED) is 0.314. The second kappa shape index (κ2) is 11.1. The molecule has 0 saturated carbocycles. The molecule has 12 nitrogen and oxygen atoms in total. The standard InChI is InChI=1S/C27H29N5O7S2/c1-20-6-8-25(24(18-20)32-28-22-4-2-3-5-23(22)29-32)39-26-9-7-21(40(33,34)30-10-14-37-15-11-30)19-27(26)41(35,36)31-12-16-38-17-13-31/h2-9,18-19H,10-17H2,1H3. The van der Waals surface area contributed by atoms with Crippen molar-refractivity contribution in [3.05, 3.63) is 66.2 Å². The van der Waals surface area contributed by atoms with E-state index in [2.05, 4.69) is 10.2 Å². The SMILES string of the molecule is Cc1ccc(Oc2ccc(S(=O)(=O)N3CCOCC3)cc2S(=O)(=O)N2CCOCC2)c(-n2nc3ccccc3n2)c1. The maximum atomic E-state index is 13.9. The van der Waals surface area contributed by atoms with Gasteiger partial charge in [0.2, 0.25) is 20.0 Å². The first-order valence-corrected chi connectivity index (χ1v) is 16.0. The Labute approximate surface area is 238 Å². The molecule has 216 valence electrons. The Morgan fingerprint density at radius 1 is 0.707 bits per heavy atom. The molecule has 0 atom stereocenters. The minimum atomic E-state index is -4.15. The number of ether oxygens (including phenoxy) is 3. The summed E-state index contributed by atoms with van der Waals surface area (Å²) in [5.74, 6) is 0.289. The second-order valence-corrected chi connectivity index (χ2v) is 13.5. The Morgan fingerprint density at radius 2 is 1.27 bits per heavy atom. The Bertz CT molecular complexity index is 1760. The fourth-order valence-electron chi connectivity index (χ4n) is 4.75. The first-order valence-electron chi connectivity index (χ1n) is 13.1. The summed E-state index contributed by atoms with van der Waals surface area (Å²) in [6, 6.07) is 16.7. The fraction of sp³-hybridized carbons (Fsp3) is 0.333. The van der Waals surface area contributed by atoms with Crippen LogP contribution in [0.3, 0.4) is 0 Å². The number of nitrogens with zero attached hydrogens (tertiary/aromatic N) is 5. The maximum absolute atomic E-state index is 13.9. The van der Waals surface area contributed by atoms with Gasteiger partial charge in [0.15, 0.2) is 5.75 Å². The van der Waals surface area contributed by atoms with E-state index >= 15 is 0 Å². The topological polar surface area (TPSA) is 133 Å². The lowest BCUT2D eigenvalue weighted by Gasteiger charge is -2.28. The Balaban J connectivity index is 1.45. The molecule has 2 fully saturated rings. The van der Waals surface area contributed by atoms with E-state index in [9.17, 15) is 16.8 Å². The lowest BCUT2D eigenvalue weighted by Crippen LogP contribution is -2.41. The number of rotatable bonds is 7. The minimum Gasteiger partial charge on any atom is -0.454 e. The van der Waals surface area contributed by atoms with Gasteiger partial charge in [0.25, 0.3) is 0 Å². The summed E-state index contributed by atoms with van der Waals surface area (Å²) in [6.45, 7) is 3.58. The zero-order valence-electron chi connectivity index (χ0n) is 22.3. The number of benzene rings is 3. The van der Waals surface area contributed by atoms with E-state index in [4.69, 9.17) is 14.2 Å². The van der Waals surface area contributed by atoms with Crippen LogP contribution in [0.4, 0.5) is 0 Å². The number of hydrogen-bond acceptors (Lipinski definition) is 9. The monoisotopic (exact) mass is 599 g/mol. The molecule has 1 aromatic heterocycles. The molecule has 0 radical (unpaired) electrons. The molecule has 2 aliphatic heterocycles. The van der Waals surface area contributed by atoms with Crippen molar-refractivity contribution in [2.75, 3.05) is 52.6 Å². The maximum Gasteiger partial charge on any atom is 0.246 e. The van der Waals surface area contributed by atoms with Crippen LogP contribution in [-0.2, 0) is 29.5 Å². The highest BCUT2D eigenvalue weighted by atomic mass is 32.2. The van der Waals surface area contributed by atoms with Crippen molar-refractivity contribution < 1.29 is 31.0 Å². The van der Waals surface area contributed by atoms with Gasteiger partial charge in [-0.25, -0.2) is 16.8 Å². The molecule has 3 aromatic carbocycles. The van der Waals surface area contributed by atoms with Gasteiger partial charge in [0.05, 0.1) is 31.3 Å². The predicted octanol–water partition coefficient (Wildman–Crippen LogP) is 2.56. The first kappa shape index (κ1) is 27.8. The Morgan fingerprint density at radius 3 is 1.88 bits per heavy atom. The van der Waals surface area contributed by atoms with Gasteiger partial charge in [0.1, 0.15) is 27.4 Å². The molecule has 0 aliphatic carbocycles. The molecule has 14 heteroatoms. The largest absolute Gasteiger partial charge is 0.454 e. The van der Waals surface area contributed by atoms with Gasteiger partial charge >= 0.3 is 0 Å². The number of fused-ring (bicyclic) bond motifs is 1. The summed E-state index contributed by atoms with van der Waals surface area (Å²) in [6.07, 6.45) is 0. The van der Waals surface area contributed by atoms with Crippen molar-refractivity contribution in [3.63, 3.8) is 0 Å². The van der Waals surface area contributed by atoms with Crippen LogP contribution in [0.25, 0.3) is 16.7 Å². The van der Waals surface area contributed by atoms with Gasteiger partial charge in [-0.15, -0.1) is 15.0 Å². The number of sulfonamides is 2. The van der Waals surface area contributed by atoms with Crippen molar-refractivity contribution in [2.45, 2.75) is 16.7 Å². The van der Waals surface area contributed by atoms with Gasteiger partial charge in [0, 0.05) is 26.2 Å². The van der Waals surface area contributed by atoms with Crippen molar-refractivity contribution >= 4 is 31.1 Å². The van der Waals surface area contributed by atoms with Crippen molar-refractivity contribution in [3.8, 4) is 17.2 Å². The predicted molar refractivity (Wildman–Crippen MR) is 149 cm³/mol. The van der Waals surface area contributed by atoms with Gasteiger partial charge < -0.3 is 14.2 Å². The molecular weight excluding hydrogens is 570 g/mol. The van der Waals surface area contributed by atoms with Crippen LogP contribution < -0.4 is 4.74 Å². The Kier molecular flexibility index (Phi) is 7.52. The highest BCUT2D eigenvalue weighted by Gasteiger charge is 2.33. The average Bonchev–Trinajstić information content (AvgIpc) is 3.43. The van der Waals surface area contributed by atoms with E-state index in [0.717, 1.165) is 5.56 Å². The van der Waals surface area contributed by atoms with Gasteiger partial charge in [-0.2, -0.15) is 8.61 Å². The molecule has 0 amide bonds. The molecule has 0 bridgehead atoms. The van der Waals surface area contributed by atoms with Crippen molar-refractivity contribution in [1.82, 2.24) is 23.6 Å². The average molecular weight is 600 g/mol. The summed E-state index contributed by atoms with van der Waals surface area (Å²) < 4.78 is 74.2. The molecule has 0 N–H and O–H groups in total. The van der Waals surface area contributed by atoms with Gasteiger partial charge in [-0.05, 0) is 55.0 Å². The third-order valence-corrected chi connectivity index (χ3v) is 10.8. The van der Waals surface area contributed by atoms with Crippen LogP contribution in [0.1, 0.15) is 5.56 Å². The van der Waals surface area contributed by atoms with Gasteiger partial charge in [-0.3, -0.25) is 0 Å². The van der Waals surface area contributed by atoms with Crippen LogP contribution in [0, 0.1) is 6.92 Å². The summed E-state index contributed by atoms with van der Waals surface area (Å²) >= 11 is 0. The molecule has 6 rings (SSSR count). The summed E-state index contributed by atoms with van der Waals surface area (Å²) in [4.78, 5) is 1.06. The molecular formula is C27H29N5O7S2. The number of aromatic nitrogens is 3. The molecule has 0 unspecified atom stereocenters. The molecule has 41 heavy (non-hydrogen) atoms. The second-order valence-electron chi connectivity index (χ2n) is 9.69. The van der Waals surface area contributed by atoms with Crippen LogP contribution in [0.2, 0.25) is 0 Å². The lowest BCUT2D eigenvalue weighted by molar-refractivity contribution is 0.0728. The van der Waals surface area contributed by atoms with E-state index < -0.39 is 20.0 Å². The molecule has 2 saturated heterocycles. The van der Waals surface area contributed by atoms with Crippen molar-refractivity contribution in [2.24, 2.45) is 0 Å². The molecule has 4 aromatic rings. The van der Waals surface area contributed by atoms with Gasteiger partial charge in [-0.1, -0.05) is 18.2 Å². The number of morpholine rings is 2. The first-order chi connectivity index (χ1) is 19.7. The summed E-state index contributed by atoms with van der Waals surface area (Å²) in [7, 11) is -8.12. The summed E-state index contributed by atoms with van der Waals surface area (Å²) in [5.41, 5.74) is 2.80. The third-order valence-electron chi connectivity index (χ3n) is 6.95. The van der Waals surface area contributed by atoms with E-state index in [1.165, 1.54) is 31.6 Å². The number of aryl methyl sites for hydroxylation is 1. The number of hydrogen-bond donors (Lipinski definition) is 0. The van der Waals surface area contributed by atoms with E-state index in [1.807, 2.05) is 43.3 Å². The Hall–Kier alpha value is -3.40. The third kappa shape index (κ3) is 5.46. The fourth-order valence-corrected chi connectivity index (χ4v) is 7.81. The van der Waals surface area contributed by atoms with Crippen LogP contribution in [0.15, 0.2) is 70.5 Å². The van der Waals surface area contributed by atoms with E-state index in [0.29, 0.717) is 22.5 Å². The highest BCUT2D eigenvalue weighted by molar-refractivity contribution is 7.90. The van der Waals surface area contributed by atoms with E-state index in [-0.39, 0.29) is 68.1 Å². The van der Waals surface area contributed by atoms with Crippen LogP contribution in [0.5, 0.6) is 11.5 Å². The zero-order chi connectivity index (χ0) is 28.6. The molecule has 0 spiro atoms. The normalized spacial score (nSPS) is 17.6. The van der Waals surface area contributed by atoms with Crippen molar-refractivity contribution in [1.29, 1.82) is 0 Å². The molecule has 2 aliphatic rings. The highest BCUT2D eigenvalue weighted by Crippen LogP contribution is 2.36. The smallest absolute Gasteiger partial charge is 0.246 e.